The molecular weight excluding hydrogens is 406 g/mol. The highest BCUT2D eigenvalue weighted by molar-refractivity contribution is 7.19. The lowest BCUT2D eigenvalue weighted by molar-refractivity contribution is -0.0379. The molecule has 2 N–H and O–H groups in total. The van der Waals surface area contributed by atoms with Gasteiger partial charge in [-0.1, -0.05) is 0 Å². The van der Waals surface area contributed by atoms with Gasteiger partial charge in [-0.3, -0.25) is 4.79 Å². The minimum Gasteiger partial charge on any atom is -0.392 e. The van der Waals surface area contributed by atoms with E-state index in [1.54, 1.807) is 29.7 Å². The van der Waals surface area contributed by atoms with Crippen LogP contribution in [0.1, 0.15) is 54.6 Å². The molecule has 0 fully saturated rings. The first-order valence-electron chi connectivity index (χ1n) is 10.0. The summed E-state index contributed by atoms with van der Waals surface area (Å²) in [5, 5.41) is 24.9. The molecular formula is C20H27N5O4S. The number of aryl methyl sites for hydroxylation is 1. The first kappa shape index (κ1) is 21.1. The monoisotopic (exact) mass is 433 g/mol. The molecule has 3 aromatic rings. The Labute approximate surface area is 178 Å². The number of rotatable bonds is 5. The number of thiophene rings is 1. The Hall–Kier alpha value is -2.14. The van der Waals surface area contributed by atoms with E-state index in [4.69, 9.17) is 4.74 Å². The van der Waals surface area contributed by atoms with Crippen LogP contribution in [0.5, 0.6) is 0 Å². The maximum absolute atomic E-state index is 13.1. The van der Waals surface area contributed by atoms with Crippen LogP contribution in [0.25, 0.3) is 15.9 Å². The summed E-state index contributed by atoms with van der Waals surface area (Å²) in [5.41, 5.74) is 1.47. The number of hydrogen-bond acceptors (Lipinski definition) is 8. The molecule has 0 spiro atoms. The van der Waals surface area contributed by atoms with E-state index in [1.807, 2.05) is 6.92 Å². The number of ether oxygens (including phenoxy) is 1. The molecule has 10 heteroatoms. The van der Waals surface area contributed by atoms with Gasteiger partial charge in [0.05, 0.1) is 29.8 Å². The van der Waals surface area contributed by atoms with E-state index in [9.17, 15) is 15.0 Å². The Morgan fingerprint density at radius 3 is 2.57 bits per heavy atom. The molecule has 1 aliphatic rings. The van der Waals surface area contributed by atoms with Crippen LogP contribution in [-0.4, -0.2) is 71.5 Å². The van der Waals surface area contributed by atoms with Crippen LogP contribution in [0.3, 0.4) is 0 Å². The fourth-order valence-corrected chi connectivity index (χ4v) is 5.00. The number of carbonyl (C=O) groups excluding carboxylic acids is 1. The van der Waals surface area contributed by atoms with Gasteiger partial charge in [0.1, 0.15) is 10.7 Å². The second kappa shape index (κ2) is 7.52. The van der Waals surface area contributed by atoms with Crippen LogP contribution >= 0.6 is 11.3 Å². The minimum absolute atomic E-state index is 0.0277. The number of hydrogen-bond donors (Lipinski definition) is 2. The number of fused-ring (bicyclic) bond motifs is 5. The van der Waals surface area contributed by atoms with Gasteiger partial charge in [-0.2, -0.15) is 4.52 Å². The molecule has 0 aromatic carbocycles. The maximum Gasteiger partial charge on any atom is 0.293 e. The van der Waals surface area contributed by atoms with Crippen LogP contribution in [0.4, 0.5) is 0 Å². The predicted octanol–water partition coefficient (Wildman–Crippen LogP) is 1.70. The average Bonchev–Trinajstić information content (AvgIpc) is 3.20. The van der Waals surface area contributed by atoms with E-state index in [-0.39, 0.29) is 24.5 Å². The first-order chi connectivity index (χ1) is 14.1. The van der Waals surface area contributed by atoms with Gasteiger partial charge >= 0.3 is 0 Å². The SMILES string of the molecule is Cc1nc2sc3c(c2c2nc(C(=O)N(CC(C)O)CC(C)O)nn12)CC(C)(C)OC3. The second-order valence-corrected chi connectivity index (χ2v) is 9.73. The number of aliphatic hydroxyl groups is 2. The van der Waals surface area contributed by atoms with Crippen molar-refractivity contribution < 1.29 is 19.7 Å². The zero-order valence-corrected chi connectivity index (χ0v) is 18.7. The zero-order valence-electron chi connectivity index (χ0n) is 17.8. The standard InChI is InChI=1S/C20H27N5O4S/c1-10(26)7-24(8-11(2)27)19(28)16-22-17-15-13-6-20(4,5)29-9-14(13)30-18(15)21-12(3)25(17)23-16/h10-11,26-27H,6-9H2,1-5H3. The van der Waals surface area contributed by atoms with Crippen LogP contribution < -0.4 is 0 Å². The Morgan fingerprint density at radius 2 is 1.93 bits per heavy atom. The Bertz CT molecular complexity index is 1110. The summed E-state index contributed by atoms with van der Waals surface area (Å²) in [4.78, 5) is 25.7. The van der Waals surface area contributed by atoms with Crippen molar-refractivity contribution in [1.29, 1.82) is 0 Å². The number of nitrogens with zero attached hydrogens (tertiary/aromatic N) is 5. The van der Waals surface area contributed by atoms with Crippen LogP contribution in [0, 0.1) is 6.92 Å². The topological polar surface area (TPSA) is 113 Å². The summed E-state index contributed by atoms with van der Waals surface area (Å²) in [6.07, 6.45) is -0.730. The summed E-state index contributed by atoms with van der Waals surface area (Å²) in [7, 11) is 0. The van der Waals surface area contributed by atoms with E-state index in [2.05, 4.69) is 28.9 Å². The number of aliphatic hydroxyl groups excluding tert-OH is 2. The van der Waals surface area contributed by atoms with Crippen LogP contribution in [-0.2, 0) is 17.8 Å². The van der Waals surface area contributed by atoms with E-state index in [0.717, 1.165) is 27.1 Å². The maximum atomic E-state index is 13.1. The molecule has 4 rings (SSSR count). The van der Waals surface area contributed by atoms with Gasteiger partial charge in [-0.05, 0) is 40.2 Å². The third-order valence-electron chi connectivity index (χ3n) is 5.12. The fraction of sp³-hybridized carbons (Fsp3) is 0.600. The third kappa shape index (κ3) is 3.80. The van der Waals surface area contributed by atoms with Crippen molar-refractivity contribution in [2.75, 3.05) is 13.1 Å². The summed E-state index contributed by atoms with van der Waals surface area (Å²) in [6, 6.07) is 0. The fourth-order valence-electron chi connectivity index (χ4n) is 3.85. The van der Waals surface area contributed by atoms with E-state index in [1.165, 1.54) is 4.90 Å². The molecule has 30 heavy (non-hydrogen) atoms. The molecule has 162 valence electrons. The normalized spacial score (nSPS) is 17.8. The highest BCUT2D eigenvalue weighted by Gasteiger charge is 2.32. The number of amides is 1. The van der Waals surface area contributed by atoms with Gasteiger partial charge in [0.15, 0.2) is 5.65 Å². The molecule has 0 saturated carbocycles. The van der Waals surface area contributed by atoms with Crippen LogP contribution in [0.2, 0.25) is 0 Å². The van der Waals surface area contributed by atoms with Gasteiger partial charge < -0.3 is 19.8 Å². The van der Waals surface area contributed by atoms with Crippen molar-refractivity contribution in [3.8, 4) is 0 Å². The molecule has 1 amide bonds. The zero-order chi connectivity index (χ0) is 21.8. The van der Waals surface area contributed by atoms with Crippen molar-refractivity contribution in [1.82, 2.24) is 24.5 Å². The third-order valence-corrected chi connectivity index (χ3v) is 6.22. The Morgan fingerprint density at radius 1 is 1.27 bits per heavy atom. The molecule has 3 aromatic heterocycles. The quantitative estimate of drug-likeness (QED) is 0.630. The van der Waals surface area contributed by atoms with Crippen molar-refractivity contribution in [3.63, 3.8) is 0 Å². The van der Waals surface area contributed by atoms with Crippen LogP contribution in [0.15, 0.2) is 0 Å². The molecule has 4 heterocycles. The van der Waals surface area contributed by atoms with E-state index in [0.29, 0.717) is 18.1 Å². The summed E-state index contributed by atoms with van der Waals surface area (Å²) >= 11 is 1.59. The van der Waals surface area contributed by atoms with Gasteiger partial charge in [0, 0.05) is 24.4 Å². The lowest BCUT2D eigenvalue weighted by Crippen LogP contribution is -2.41. The van der Waals surface area contributed by atoms with Gasteiger partial charge in [-0.15, -0.1) is 16.4 Å². The molecule has 0 radical (unpaired) electrons. The van der Waals surface area contributed by atoms with Gasteiger partial charge in [-0.25, -0.2) is 9.97 Å². The van der Waals surface area contributed by atoms with E-state index < -0.39 is 18.1 Å². The first-order valence-corrected chi connectivity index (χ1v) is 10.8. The summed E-state index contributed by atoms with van der Waals surface area (Å²) in [5.74, 6) is 0.237. The molecule has 0 aliphatic carbocycles. The summed E-state index contributed by atoms with van der Waals surface area (Å²) < 4.78 is 7.55. The minimum atomic E-state index is -0.731. The second-order valence-electron chi connectivity index (χ2n) is 8.65. The molecule has 9 nitrogen and oxygen atoms in total. The molecule has 1 aliphatic heterocycles. The Kier molecular flexibility index (Phi) is 5.29. The number of carbonyl (C=O) groups is 1. The lowest BCUT2D eigenvalue weighted by Gasteiger charge is -2.30. The molecule has 2 unspecified atom stereocenters. The highest BCUT2D eigenvalue weighted by atomic mass is 32.1. The molecule has 0 saturated heterocycles. The Balaban J connectivity index is 1.83. The van der Waals surface area contributed by atoms with Gasteiger partial charge in [0.2, 0.25) is 5.82 Å². The average molecular weight is 434 g/mol. The largest absolute Gasteiger partial charge is 0.392 e. The lowest BCUT2D eigenvalue weighted by atomic mass is 9.94. The van der Waals surface area contributed by atoms with Crippen molar-refractivity contribution in [2.45, 2.75) is 65.5 Å². The van der Waals surface area contributed by atoms with Crippen molar-refractivity contribution >= 4 is 33.1 Å². The van der Waals surface area contributed by atoms with Gasteiger partial charge in [0.25, 0.3) is 5.91 Å². The molecule has 0 bridgehead atoms. The van der Waals surface area contributed by atoms with Crippen molar-refractivity contribution in [2.24, 2.45) is 0 Å². The highest BCUT2D eigenvalue weighted by Crippen LogP contribution is 2.39. The predicted molar refractivity (Wildman–Crippen MR) is 113 cm³/mol. The smallest absolute Gasteiger partial charge is 0.293 e. The molecule has 2 atom stereocenters. The number of aromatic nitrogens is 4. The summed E-state index contributed by atoms with van der Waals surface area (Å²) in [6.45, 7) is 9.85. The van der Waals surface area contributed by atoms with E-state index >= 15 is 0 Å². The van der Waals surface area contributed by atoms with Crippen molar-refractivity contribution in [3.05, 3.63) is 22.1 Å².